The molecule has 0 fully saturated rings. The van der Waals surface area contributed by atoms with E-state index in [9.17, 15) is 14.4 Å². The van der Waals surface area contributed by atoms with Crippen molar-refractivity contribution in [3.05, 3.63) is 59.7 Å². The first kappa shape index (κ1) is 23.3. The van der Waals surface area contributed by atoms with Crippen LogP contribution in [-0.4, -0.2) is 54.4 Å². The summed E-state index contributed by atoms with van der Waals surface area (Å²) in [4.78, 5) is 40.8. The van der Waals surface area contributed by atoms with Crippen molar-refractivity contribution in [2.45, 2.75) is 32.2 Å². The molecule has 0 unspecified atom stereocenters. The van der Waals surface area contributed by atoms with Crippen LogP contribution in [0.3, 0.4) is 0 Å². The van der Waals surface area contributed by atoms with E-state index in [1.807, 2.05) is 50.2 Å². The van der Waals surface area contributed by atoms with Gasteiger partial charge in [-0.3, -0.25) is 9.63 Å². The Kier molecular flexibility index (Phi) is 7.48. The molecular formula is C24H28N2O6. The van der Waals surface area contributed by atoms with Crippen molar-refractivity contribution in [3.63, 3.8) is 0 Å². The zero-order chi connectivity index (χ0) is 23.3. The van der Waals surface area contributed by atoms with Gasteiger partial charge in [-0.2, -0.15) is 0 Å². The molecule has 0 bridgehead atoms. The number of carboxylic acid groups (broad SMARTS) is 1. The number of nitrogens with one attached hydrogen (secondary N) is 1. The number of benzene rings is 2. The Morgan fingerprint density at radius 1 is 1.03 bits per heavy atom. The summed E-state index contributed by atoms with van der Waals surface area (Å²) in [6.45, 7) is 3.31. The monoisotopic (exact) mass is 440 g/mol. The van der Waals surface area contributed by atoms with Gasteiger partial charge >= 0.3 is 12.1 Å². The number of fused-ring (bicyclic) bond motifs is 3. The number of carboxylic acids is 1. The van der Waals surface area contributed by atoms with Crippen LogP contribution >= 0.6 is 0 Å². The maximum atomic E-state index is 12.7. The van der Waals surface area contributed by atoms with Crippen LogP contribution in [0.15, 0.2) is 48.5 Å². The molecule has 0 heterocycles. The summed E-state index contributed by atoms with van der Waals surface area (Å²) in [5.74, 6) is -1.73. The molecular weight excluding hydrogens is 412 g/mol. The second-order valence-electron chi connectivity index (χ2n) is 8.15. The third kappa shape index (κ3) is 5.45. The lowest BCUT2D eigenvalue weighted by Crippen LogP contribution is -2.48. The van der Waals surface area contributed by atoms with Crippen LogP contribution in [0.1, 0.15) is 37.3 Å². The third-order valence-electron chi connectivity index (χ3n) is 5.33. The topological polar surface area (TPSA) is 105 Å². The molecule has 0 spiro atoms. The molecule has 3 rings (SSSR count). The van der Waals surface area contributed by atoms with E-state index in [4.69, 9.17) is 14.7 Å². The predicted octanol–water partition coefficient (Wildman–Crippen LogP) is 3.41. The molecule has 0 saturated heterocycles. The third-order valence-corrected chi connectivity index (χ3v) is 5.33. The van der Waals surface area contributed by atoms with Crippen molar-refractivity contribution < 1.29 is 29.1 Å². The average molecular weight is 440 g/mol. The van der Waals surface area contributed by atoms with Crippen LogP contribution in [0, 0.1) is 5.92 Å². The number of hydrogen-bond donors (Lipinski definition) is 2. The molecule has 0 radical (unpaired) electrons. The van der Waals surface area contributed by atoms with Gasteiger partial charge in [0.1, 0.15) is 12.6 Å². The smallest absolute Gasteiger partial charge is 0.407 e. The van der Waals surface area contributed by atoms with E-state index in [0.717, 1.165) is 27.3 Å². The van der Waals surface area contributed by atoms with E-state index in [1.54, 1.807) is 0 Å². The predicted molar refractivity (Wildman–Crippen MR) is 118 cm³/mol. The lowest BCUT2D eigenvalue weighted by atomic mass is 9.98. The zero-order valence-electron chi connectivity index (χ0n) is 18.4. The minimum Gasteiger partial charge on any atom is -0.479 e. The SMILES string of the molecule is CC(C)C[C@@H](NC(=O)OCC1c2ccccc2-c2ccccc21)C(=O)N(C)OCC(=O)O. The number of carbonyl (C=O) groups excluding carboxylic acids is 2. The Labute approximate surface area is 187 Å². The van der Waals surface area contributed by atoms with Crippen LogP contribution in [0.2, 0.25) is 0 Å². The fourth-order valence-electron chi connectivity index (χ4n) is 3.91. The van der Waals surface area contributed by atoms with Crippen molar-refractivity contribution in [1.82, 2.24) is 10.4 Å². The number of hydrogen-bond acceptors (Lipinski definition) is 5. The number of amides is 2. The number of aliphatic carboxylic acids is 1. The van der Waals surface area contributed by atoms with Crippen molar-refractivity contribution >= 4 is 18.0 Å². The molecule has 0 aliphatic heterocycles. The highest BCUT2D eigenvalue weighted by Crippen LogP contribution is 2.44. The lowest BCUT2D eigenvalue weighted by molar-refractivity contribution is -0.187. The number of alkyl carbamates (subject to hydrolysis) is 1. The summed E-state index contributed by atoms with van der Waals surface area (Å²) >= 11 is 0. The van der Waals surface area contributed by atoms with E-state index in [0.29, 0.717) is 6.42 Å². The van der Waals surface area contributed by atoms with Gasteiger partial charge in [0.25, 0.3) is 5.91 Å². The van der Waals surface area contributed by atoms with Crippen molar-refractivity contribution in [1.29, 1.82) is 0 Å². The zero-order valence-corrected chi connectivity index (χ0v) is 18.4. The van der Waals surface area contributed by atoms with E-state index in [1.165, 1.54) is 7.05 Å². The highest BCUT2D eigenvalue weighted by atomic mass is 16.7. The minimum atomic E-state index is -1.20. The maximum Gasteiger partial charge on any atom is 0.407 e. The van der Waals surface area contributed by atoms with Gasteiger partial charge in [0.2, 0.25) is 0 Å². The van der Waals surface area contributed by atoms with Crippen molar-refractivity contribution in [2.75, 3.05) is 20.3 Å². The number of ether oxygens (including phenoxy) is 1. The number of rotatable bonds is 9. The van der Waals surface area contributed by atoms with E-state index < -0.39 is 30.6 Å². The molecule has 1 atom stereocenters. The van der Waals surface area contributed by atoms with Gasteiger partial charge in [0, 0.05) is 13.0 Å². The molecule has 2 aromatic rings. The molecule has 170 valence electrons. The largest absolute Gasteiger partial charge is 0.479 e. The van der Waals surface area contributed by atoms with Gasteiger partial charge in [0.15, 0.2) is 6.61 Å². The molecule has 8 nitrogen and oxygen atoms in total. The van der Waals surface area contributed by atoms with Gasteiger partial charge in [-0.15, -0.1) is 0 Å². The summed E-state index contributed by atoms with van der Waals surface area (Å²) in [6, 6.07) is 15.2. The molecule has 0 saturated carbocycles. The summed E-state index contributed by atoms with van der Waals surface area (Å²) in [6.07, 6.45) is -0.360. The van der Waals surface area contributed by atoms with Crippen LogP contribution in [0.5, 0.6) is 0 Å². The standard InChI is InChI=1S/C24H28N2O6/c1-15(2)12-21(23(29)26(3)32-14-22(27)28)25-24(30)31-13-20-18-10-6-4-8-16(18)17-9-5-7-11-19(17)20/h4-11,15,20-21H,12-14H2,1-3H3,(H,25,30)(H,27,28)/t21-/m1/s1. The molecule has 2 N–H and O–H groups in total. The van der Waals surface area contributed by atoms with E-state index >= 15 is 0 Å². The second kappa shape index (κ2) is 10.3. The minimum absolute atomic E-state index is 0.0889. The van der Waals surface area contributed by atoms with Crippen molar-refractivity contribution in [2.24, 2.45) is 5.92 Å². The van der Waals surface area contributed by atoms with Gasteiger partial charge in [-0.05, 0) is 34.6 Å². The molecule has 1 aliphatic carbocycles. The Morgan fingerprint density at radius 2 is 1.59 bits per heavy atom. The Morgan fingerprint density at radius 3 is 2.12 bits per heavy atom. The first-order valence-corrected chi connectivity index (χ1v) is 10.5. The first-order valence-electron chi connectivity index (χ1n) is 10.5. The van der Waals surface area contributed by atoms with Gasteiger partial charge in [-0.25, -0.2) is 14.7 Å². The fraction of sp³-hybridized carbons (Fsp3) is 0.375. The summed E-state index contributed by atoms with van der Waals surface area (Å²) < 4.78 is 5.52. The van der Waals surface area contributed by atoms with Crippen LogP contribution in [0.25, 0.3) is 11.1 Å². The van der Waals surface area contributed by atoms with Gasteiger partial charge < -0.3 is 15.2 Å². The number of likely N-dealkylation sites (N-methyl/N-ethyl adjacent to an activating group) is 1. The summed E-state index contributed by atoms with van der Waals surface area (Å²) in [5, 5.41) is 12.2. The Bertz CT molecular complexity index is 944. The molecule has 2 amide bonds. The van der Waals surface area contributed by atoms with E-state index in [2.05, 4.69) is 17.4 Å². The number of hydroxylamine groups is 2. The number of carbonyl (C=O) groups is 3. The maximum absolute atomic E-state index is 12.7. The van der Waals surface area contributed by atoms with Crippen LogP contribution in [0.4, 0.5) is 4.79 Å². The lowest BCUT2D eigenvalue weighted by Gasteiger charge is -2.24. The molecule has 1 aliphatic rings. The molecule has 8 heteroatoms. The second-order valence-corrected chi connectivity index (χ2v) is 8.15. The molecule has 0 aromatic heterocycles. The Hall–Kier alpha value is -3.39. The van der Waals surface area contributed by atoms with E-state index in [-0.39, 0.29) is 18.4 Å². The van der Waals surface area contributed by atoms with Crippen LogP contribution < -0.4 is 5.32 Å². The van der Waals surface area contributed by atoms with Gasteiger partial charge in [0.05, 0.1) is 0 Å². The average Bonchev–Trinajstić information content (AvgIpc) is 3.08. The van der Waals surface area contributed by atoms with Crippen LogP contribution in [-0.2, 0) is 19.2 Å². The number of nitrogens with zero attached hydrogens (tertiary/aromatic N) is 1. The summed E-state index contributed by atoms with van der Waals surface area (Å²) in [7, 11) is 1.32. The highest BCUT2D eigenvalue weighted by molar-refractivity contribution is 5.85. The van der Waals surface area contributed by atoms with Crippen molar-refractivity contribution in [3.8, 4) is 11.1 Å². The fourth-order valence-corrected chi connectivity index (χ4v) is 3.91. The molecule has 32 heavy (non-hydrogen) atoms. The highest BCUT2D eigenvalue weighted by Gasteiger charge is 2.30. The first-order chi connectivity index (χ1) is 15.3. The quantitative estimate of drug-likeness (QED) is 0.579. The normalized spacial score (nSPS) is 13.2. The summed E-state index contributed by atoms with van der Waals surface area (Å²) in [5.41, 5.74) is 4.44. The molecule has 2 aromatic carbocycles. The Balaban J connectivity index is 1.65. The van der Waals surface area contributed by atoms with Gasteiger partial charge in [-0.1, -0.05) is 62.4 Å².